The molecule has 2 aromatic heterocycles. The normalized spacial score (nSPS) is 14.4. The molecule has 3 rings (SSSR count). The van der Waals surface area contributed by atoms with Crippen LogP contribution in [0.1, 0.15) is 57.1 Å². The van der Waals surface area contributed by atoms with Gasteiger partial charge in [-0.1, -0.05) is 0 Å². The first-order chi connectivity index (χ1) is 11.7. The summed E-state index contributed by atoms with van der Waals surface area (Å²) in [6, 6.07) is 3.61. The highest BCUT2D eigenvalue weighted by Gasteiger charge is 2.29. The van der Waals surface area contributed by atoms with E-state index in [4.69, 9.17) is 5.21 Å². The minimum atomic E-state index is -0.515. The molecule has 8 heteroatoms. The number of hydroxylamine groups is 1. The minimum absolute atomic E-state index is 0.0530. The van der Waals surface area contributed by atoms with Crippen molar-refractivity contribution >= 4 is 23.2 Å². The second-order valence-corrected chi connectivity index (χ2v) is 8.37. The fraction of sp³-hybridized carbons (Fsp3) is 0.471. The number of carbonyl (C=O) groups is 2. The molecule has 25 heavy (non-hydrogen) atoms. The summed E-state index contributed by atoms with van der Waals surface area (Å²) >= 11 is 1.31. The van der Waals surface area contributed by atoms with Crippen LogP contribution in [0.2, 0.25) is 0 Å². The van der Waals surface area contributed by atoms with Crippen LogP contribution in [0.5, 0.6) is 0 Å². The molecular weight excluding hydrogens is 340 g/mol. The first kappa shape index (κ1) is 17.6. The maximum atomic E-state index is 13.0. The second kappa shape index (κ2) is 6.27. The lowest BCUT2D eigenvalue weighted by molar-refractivity contribution is 0.0706. The summed E-state index contributed by atoms with van der Waals surface area (Å²) in [6.45, 7) is 8.99. The molecule has 7 nitrogen and oxygen atoms in total. The van der Waals surface area contributed by atoms with Crippen molar-refractivity contribution in [1.82, 2.24) is 20.2 Å². The maximum Gasteiger partial charge on any atom is 0.284 e. The van der Waals surface area contributed by atoms with Gasteiger partial charge in [-0.05, 0) is 51.8 Å². The van der Waals surface area contributed by atoms with Crippen LogP contribution in [0.25, 0.3) is 0 Å². The number of thiophene rings is 1. The van der Waals surface area contributed by atoms with Crippen LogP contribution in [0.15, 0.2) is 12.1 Å². The fourth-order valence-electron chi connectivity index (χ4n) is 2.99. The molecule has 134 valence electrons. The van der Waals surface area contributed by atoms with Crippen LogP contribution in [0.3, 0.4) is 0 Å². The first-order valence-electron chi connectivity index (χ1n) is 8.13. The van der Waals surface area contributed by atoms with E-state index >= 15 is 0 Å². The van der Waals surface area contributed by atoms with E-state index in [1.807, 2.05) is 33.8 Å². The van der Waals surface area contributed by atoms with Crippen molar-refractivity contribution in [2.45, 2.75) is 46.2 Å². The SMILES string of the molecule is Cc1cc(C(=O)N2CCc3cc(C(=O)NO)sc3C2)n(C(C)(C)C)n1. The molecule has 0 unspecified atom stereocenters. The Bertz CT molecular complexity index is 832. The molecule has 2 aromatic rings. The number of rotatable bonds is 2. The molecule has 0 radical (unpaired) electrons. The third kappa shape index (κ3) is 3.32. The molecule has 0 aromatic carbocycles. The van der Waals surface area contributed by atoms with Crippen LogP contribution < -0.4 is 5.48 Å². The molecular formula is C17H22N4O3S. The number of carbonyl (C=O) groups excluding carboxylic acids is 2. The topological polar surface area (TPSA) is 87.5 Å². The van der Waals surface area contributed by atoms with Crippen LogP contribution in [-0.4, -0.2) is 38.2 Å². The van der Waals surface area contributed by atoms with Gasteiger partial charge in [0.15, 0.2) is 0 Å². The minimum Gasteiger partial charge on any atom is -0.332 e. The average Bonchev–Trinajstić information content (AvgIpc) is 3.15. The Hall–Kier alpha value is -2.19. The van der Waals surface area contributed by atoms with Crippen molar-refractivity contribution in [1.29, 1.82) is 0 Å². The molecule has 0 saturated heterocycles. The van der Waals surface area contributed by atoms with Crippen molar-refractivity contribution in [2.24, 2.45) is 0 Å². The number of nitrogens with zero attached hydrogens (tertiary/aromatic N) is 3. The van der Waals surface area contributed by atoms with Gasteiger partial charge < -0.3 is 4.90 Å². The number of hydrogen-bond acceptors (Lipinski definition) is 5. The monoisotopic (exact) mass is 362 g/mol. The number of fused-ring (bicyclic) bond motifs is 1. The van der Waals surface area contributed by atoms with Crippen LogP contribution in [0.4, 0.5) is 0 Å². The Morgan fingerprint density at radius 2 is 2.04 bits per heavy atom. The van der Waals surface area contributed by atoms with Gasteiger partial charge in [0.25, 0.3) is 11.8 Å². The third-order valence-electron chi connectivity index (χ3n) is 4.18. The molecule has 3 heterocycles. The molecule has 0 atom stereocenters. The zero-order valence-electron chi connectivity index (χ0n) is 14.8. The molecule has 0 saturated carbocycles. The molecule has 1 aliphatic heterocycles. The van der Waals surface area contributed by atoms with Crippen LogP contribution >= 0.6 is 11.3 Å². The van der Waals surface area contributed by atoms with Crippen molar-refractivity contribution in [3.8, 4) is 0 Å². The van der Waals surface area contributed by atoms with Crippen LogP contribution in [-0.2, 0) is 18.5 Å². The van der Waals surface area contributed by atoms with E-state index in [-0.39, 0.29) is 11.4 Å². The van der Waals surface area contributed by atoms with E-state index in [0.29, 0.717) is 30.1 Å². The summed E-state index contributed by atoms with van der Waals surface area (Å²) in [6.07, 6.45) is 0.693. The maximum absolute atomic E-state index is 13.0. The van der Waals surface area contributed by atoms with E-state index in [1.165, 1.54) is 11.3 Å². The predicted molar refractivity (Wildman–Crippen MR) is 94.0 cm³/mol. The number of nitrogens with one attached hydrogen (secondary N) is 1. The van der Waals surface area contributed by atoms with Crippen molar-refractivity contribution < 1.29 is 14.8 Å². The number of amides is 2. The first-order valence-corrected chi connectivity index (χ1v) is 8.95. The smallest absolute Gasteiger partial charge is 0.284 e. The Balaban J connectivity index is 1.86. The van der Waals surface area contributed by atoms with E-state index in [0.717, 1.165) is 16.1 Å². The molecule has 0 bridgehead atoms. The lowest BCUT2D eigenvalue weighted by Gasteiger charge is -2.29. The zero-order valence-corrected chi connectivity index (χ0v) is 15.6. The van der Waals surface area contributed by atoms with Gasteiger partial charge >= 0.3 is 0 Å². The highest BCUT2D eigenvalue weighted by molar-refractivity contribution is 7.14. The van der Waals surface area contributed by atoms with Crippen molar-refractivity contribution in [3.05, 3.63) is 38.8 Å². The summed E-state index contributed by atoms with van der Waals surface area (Å²) in [5.41, 5.74) is 3.83. The number of aryl methyl sites for hydroxylation is 1. The van der Waals surface area contributed by atoms with Crippen LogP contribution in [0, 0.1) is 6.92 Å². The van der Waals surface area contributed by atoms with Gasteiger partial charge in [0.2, 0.25) is 0 Å². The van der Waals surface area contributed by atoms with Gasteiger partial charge in [0.1, 0.15) is 5.69 Å². The molecule has 2 N–H and O–H groups in total. The van der Waals surface area contributed by atoms with Gasteiger partial charge in [0.05, 0.1) is 22.7 Å². The Kier molecular flexibility index (Phi) is 4.42. The largest absolute Gasteiger partial charge is 0.332 e. The standard InChI is InChI=1S/C17H22N4O3S/c1-10-7-12(21(18-10)17(2,3)4)16(23)20-6-5-11-8-13(15(22)19-24)25-14(11)9-20/h7-8,24H,5-6,9H2,1-4H3,(H,19,22). The van der Waals surface area contributed by atoms with E-state index in [1.54, 1.807) is 21.1 Å². The molecule has 0 spiro atoms. The Labute approximate surface area is 150 Å². The van der Waals surface area contributed by atoms with Gasteiger partial charge in [-0.3, -0.25) is 19.5 Å². The summed E-state index contributed by atoms with van der Waals surface area (Å²) in [5, 5.41) is 13.3. The van der Waals surface area contributed by atoms with Crippen molar-refractivity contribution in [2.75, 3.05) is 6.54 Å². The van der Waals surface area contributed by atoms with Gasteiger partial charge in [-0.15, -0.1) is 11.3 Å². The van der Waals surface area contributed by atoms with E-state index in [2.05, 4.69) is 5.10 Å². The summed E-state index contributed by atoms with van der Waals surface area (Å²) in [7, 11) is 0. The highest BCUT2D eigenvalue weighted by atomic mass is 32.1. The predicted octanol–water partition coefficient (Wildman–Crippen LogP) is 2.33. The molecule has 0 fully saturated rings. The highest BCUT2D eigenvalue weighted by Crippen LogP contribution is 2.29. The van der Waals surface area contributed by atoms with Gasteiger partial charge in [-0.2, -0.15) is 5.10 Å². The molecule has 1 aliphatic rings. The quantitative estimate of drug-likeness (QED) is 0.634. The summed E-state index contributed by atoms with van der Waals surface area (Å²) in [4.78, 5) is 27.8. The summed E-state index contributed by atoms with van der Waals surface area (Å²) in [5.74, 6) is -0.568. The van der Waals surface area contributed by atoms with E-state index in [9.17, 15) is 9.59 Å². The molecule has 0 aliphatic carbocycles. The Morgan fingerprint density at radius 1 is 1.32 bits per heavy atom. The van der Waals surface area contributed by atoms with Crippen molar-refractivity contribution in [3.63, 3.8) is 0 Å². The number of aromatic nitrogens is 2. The third-order valence-corrected chi connectivity index (χ3v) is 5.34. The lowest BCUT2D eigenvalue weighted by Crippen LogP contribution is -2.38. The zero-order chi connectivity index (χ0) is 18.4. The Morgan fingerprint density at radius 3 is 2.68 bits per heavy atom. The second-order valence-electron chi connectivity index (χ2n) is 7.23. The fourth-order valence-corrected chi connectivity index (χ4v) is 4.10. The van der Waals surface area contributed by atoms with Gasteiger partial charge in [0, 0.05) is 11.4 Å². The van der Waals surface area contributed by atoms with Gasteiger partial charge in [-0.25, -0.2) is 5.48 Å². The lowest BCUT2D eigenvalue weighted by atomic mass is 10.1. The average molecular weight is 362 g/mol. The summed E-state index contributed by atoms with van der Waals surface area (Å²) < 4.78 is 1.78. The van der Waals surface area contributed by atoms with E-state index < -0.39 is 5.91 Å². The number of hydrogen-bond donors (Lipinski definition) is 2. The molecule has 2 amide bonds.